The van der Waals surface area contributed by atoms with Crippen molar-refractivity contribution in [2.75, 3.05) is 13.2 Å². The van der Waals surface area contributed by atoms with Gasteiger partial charge in [-0.3, -0.25) is 14.6 Å². The standard InChI is InChI=1S/C19H23N3O4/c1-2-22-9-6-14(11-18(22)23)19(24)21-16-13-25-10-7-17(16)26-12-15-5-3-4-8-20-15/h3-6,8-9,11,16-17H,2,7,10,12-13H2,1H3,(H,21,24)/t16-,17-/m0/s1. The lowest BCUT2D eigenvalue weighted by molar-refractivity contribution is -0.0612. The van der Waals surface area contributed by atoms with Crippen LogP contribution in [0.2, 0.25) is 0 Å². The minimum absolute atomic E-state index is 0.161. The highest BCUT2D eigenvalue weighted by atomic mass is 16.5. The Morgan fingerprint density at radius 3 is 3.04 bits per heavy atom. The van der Waals surface area contributed by atoms with E-state index in [2.05, 4.69) is 10.3 Å². The SMILES string of the molecule is CCn1ccc(C(=O)N[C@H]2COCC[C@@H]2OCc2ccccn2)cc1=O. The molecule has 138 valence electrons. The van der Waals surface area contributed by atoms with Crippen molar-refractivity contribution in [1.29, 1.82) is 0 Å². The molecule has 1 saturated heterocycles. The van der Waals surface area contributed by atoms with E-state index in [9.17, 15) is 9.59 Å². The molecule has 0 aromatic carbocycles. The van der Waals surface area contributed by atoms with Crippen LogP contribution in [0, 0.1) is 0 Å². The van der Waals surface area contributed by atoms with Gasteiger partial charge in [-0.1, -0.05) is 6.07 Å². The van der Waals surface area contributed by atoms with Crippen LogP contribution in [0.15, 0.2) is 47.5 Å². The molecule has 3 heterocycles. The maximum Gasteiger partial charge on any atom is 0.251 e. The number of ether oxygens (including phenoxy) is 2. The van der Waals surface area contributed by atoms with Gasteiger partial charge in [0.25, 0.3) is 11.5 Å². The number of amides is 1. The summed E-state index contributed by atoms with van der Waals surface area (Å²) in [6.45, 7) is 3.80. The smallest absolute Gasteiger partial charge is 0.251 e. The van der Waals surface area contributed by atoms with E-state index in [0.717, 1.165) is 5.69 Å². The summed E-state index contributed by atoms with van der Waals surface area (Å²) in [5.41, 5.74) is 0.990. The van der Waals surface area contributed by atoms with Crippen molar-refractivity contribution in [2.24, 2.45) is 0 Å². The van der Waals surface area contributed by atoms with Crippen LogP contribution >= 0.6 is 0 Å². The predicted molar refractivity (Wildman–Crippen MR) is 95.9 cm³/mol. The summed E-state index contributed by atoms with van der Waals surface area (Å²) >= 11 is 0. The first-order valence-electron chi connectivity index (χ1n) is 8.78. The zero-order valence-electron chi connectivity index (χ0n) is 14.8. The quantitative estimate of drug-likeness (QED) is 0.844. The van der Waals surface area contributed by atoms with E-state index in [0.29, 0.717) is 38.3 Å². The Bertz CT molecular complexity index is 791. The first-order chi connectivity index (χ1) is 12.7. The zero-order chi connectivity index (χ0) is 18.4. The molecular weight excluding hydrogens is 334 g/mol. The first-order valence-corrected chi connectivity index (χ1v) is 8.78. The van der Waals surface area contributed by atoms with Gasteiger partial charge in [0.1, 0.15) is 0 Å². The van der Waals surface area contributed by atoms with Crippen LogP contribution in [-0.4, -0.2) is 40.8 Å². The molecule has 0 saturated carbocycles. The van der Waals surface area contributed by atoms with Gasteiger partial charge in [-0.2, -0.15) is 0 Å². The summed E-state index contributed by atoms with van der Waals surface area (Å²) in [6, 6.07) is 8.39. The van der Waals surface area contributed by atoms with Crippen LogP contribution in [0.1, 0.15) is 29.4 Å². The second-order valence-electron chi connectivity index (χ2n) is 6.15. The topological polar surface area (TPSA) is 82.5 Å². The minimum Gasteiger partial charge on any atom is -0.379 e. The van der Waals surface area contributed by atoms with Crippen molar-refractivity contribution in [3.8, 4) is 0 Å². The number of nitrogens with zero attached hydrogens (tertiary/aromatic N) is 2. The summed E-state index contributed by atoms with van der Waals surface area (Å²) in [4.78, 5) is 28.7. The van der Waals surface area contributed by atoms with Crippen LogP contribution in [0.25, 0.3) is 0 Å². The van der Waals surface area contributed by atoms with Gasteiger partial charge < -0.3 is 19.4 Å². The molecule has 1 aliphatic heterocycles. The molecule has 2 atom stereocenters. The lowest BCUT2D eigenvalue weighted by Crippen LogP contribution is -2.50. The monoisotopic (exact) mass is 357 g/mol. The van der Waals surface area contributed by atoms with E-state index in [1.54, 1.807) is 23.0 Å². The van der Waals surface area contributed by atoms with Gasteiger partial charge >= 0.3 is 0 Å². The van der Waals surface area contributed by atoms with Gasteiger partial charge in [-0.15, -0.1) is 0 Å². The summed E-state index contributed by atoms with van der Waals surface area (Å²) < 4.78 is 13.0. The Morgan fingerprint density at radius 2 is 2.31 bits per heavy atom. The number of hydrogen-bond acceptors (Lipinski definition) is 5. The van der Waals surface area contributed by atoms with Crippen LogP contribution in [-0.2, 0) is 22.6 Å². The number of pyridine rings is 2. The molecule has 7 heteroatoms. The predicted octanol–water partition coefficient (Wildman–Crippen LogP) is 1.37. The molecule has 26 heavy (non-hydrogen) atoms. The third-order valence-corrected chi connectivity index (χ3v) is 4.38. The molecule has 1 amide bonds. The van der Waals surface area contributed by atoms with Gasteiger partial charge in [0.2, 0.25) is 0 Å². The zero-order valence-corrected chi connectivity index (χ0v) is 14.8. The molecule has 3 rings (SSSR count). The van der Waals surface area contributed by atoms with Crippen LogP contribution < -0.4 is 10.9 Å². The number of nitrogens with one attached hydrogen (secondary N) is 1. The second kappa shape index (κ2) is 8.73. The molecule has 0 radical (unpaired) electrons. The highest BCUT2D eigenvalue weighted by Crippen LogP contribution is 2.14. The Morgan fingerprint density at radius 1 is 1.42 bits per heavy atom. The number of aryl methyl sites for hydroxylation is 1. The third-order valence-electron chi connectivity index (χ3n) is 4.38. The van der Waals surface area contributed by atoms with Crippen molar-refractivity contribution in [2.45, 2.75) is 38.6 Å². The molecule has 1 aliphatic rings. The van der Waals surface area contributed by atoms with Gasteiger partial charge in [0.15, 0.2) is 0 Å². The minimum atomic E-state index is -0.299. The molecule has 2 aromatic rings. The maximum absolute atomic E-state index is 12.5. The summed E-state index contributed by atoms with van der Waals surface area (Å²) in [7, 11) is 0. The number of hydrogen-bond donors (Lipinski definition) is 1. The number of rotatable bonds is 6. The van der Waals surface area contributed by atoms with Crippen molar-refractivity contribution in [1.82, 2.24) is 14.9 Å². The van der Waals surface area contributed by atoms with Crippen LogP contribution in [0.5, 0.6) is 0 Å². The Balaban J connectivity index is 1.63. The first kappa shape index (κ1) is 18.3. The van der Waals surface area contributed by atoms with Crippen molar-refractivity contribution < 1.29 is 14.3 Å². The highest BCUT2D eigenvalue weighted by Gasteiger charge is 2.28. The molecule has 1 N–H and O–H groups in total. The average Bonchev–Trinajstić information content (AvgIpc) is 2.68. The fraction of sp³-hybridized carbons (Fsp3) is 0.421. The lowest BCUT2D eigenvalue weighted by Gasteiger charge is -2.32. The van der Waals surface area contributed by atoms with Crippen LogP contribution in [0.4, 0.5) is 0 Å². The molecule has 0 aliphatic carbocycles. The van der Waals surface area contributed by atoms with Crippen molar-refractivity contribution in [3.63, 3.8) is 0 Å². The normalized spacial score (nSPS) is 19.9. The summed E-state index contributed by atoms with van der Waals surface area (Å²) in [5.74, 6) is -0.299. The largest absolute Gasteiger partial charge is 0.379 e. The fourth-order valence-corrected chi connectivity index (χ4v) is 2.89. The highest BCUT2D eigenvalue weighted by molar-refractivity contribution is 5.94. The molecular formula is C19H23N3O4. The van der Waals surface area contributed by atoms with Crippen LogP contribution in [0.3, 0.4) is 0 Å². The van der Waals surface area contributed by atoms with Crippen molar-refractivity contribution in [3.05, 3.63) is 64.3 Å². The molecule has 0 bridgehead atoms. The van der Waals surface area contributed by atoms with E-state index < -0.39 is 0 Å². The molecule has 1 fully saturated rings. The number of carbonyl (C=O) groups is 1. The van der Waals surface area contributed by atoms with E-state index >= 15 is 0 Å². The molecule has 2 aromatic heterocycles. The summed E-state index contributed by atoms with van der Waals surface area (Å²) in [6.07, 6.45) is 3.88. The number of carbonyl (C=O) groups excluding carboxylic acids is 1. The van der Waals surface area contributed by atoms with Gasteiger partial charge in [-0.05, 0) is 31.5 Å². The van der Waals surface area contributed by atoms with E-state index in [4.69, 9.17) is 9.47 Å². The number of aromatic nitrogens is 2. The molecule has 0 spiro atoms. The summed E-state index contributed by atoms with van der Waals surface area (Å²) in [5, 5.41) is 2.93. The average molecular weight is 357 g/mol. The Hall–Kier alpha value is -2.51. The lowest BCUT2D eigenvalue weighted by atomic mass is 10.1. The maximum atomic E-state index is 12.5. The van der Waals surface area contributed by atoms with Gasteiger partial charge in [0.05, 0.1) is 31.1 Å². The van der Waals surface area contributed by atoms with Gasteiger partial charge in [-0.25, -0.2) is 0 Å². The molecule has 7 nitrogen and oxygen atoms in total. The second-order valence-corrected chi connectivity index (χ2v) is 6.15. The van der Waals surface area contributed by atoms with Gasteiger partial charge in [0, 0.05) is 37.2 Å². The Kier molecular flexibility index (Phi) is 6.14. The van der Waals surface area contributed by atoms with E-state index in [1.165, 1.54) is 6.07 Å². The molecule has 0 unspecified atom stereocenters. The third kappa shape index (κ3) is 4.56. The fourth-order valence-electron chi connectivity index (χ4n) is 2.89. The van der Waals surface area contributed by atoms with Crippen molar-refractivity contribution >= 4 is 5.91 Å². The van der Waals surface area contributed by atoms with E-state index in [-0.39, 0.29) is 23.6 Å². The Labute approximate surface area is 152 Å². The van der Waals surface area contributed by atoms with E-state index in [1.807, 2.05) is 25.1 Å².